The molecule has 3 aromatic carbocycles. The molecule has 2 unspecified atom stereocenters. The minimum absolute atomic E-state index is 0.284. The highest BCUT2D eigenvalue weighted by Crippen LogP contribution is 2.59. The number of nitrogens with zero attached hydrogens (tertiary/aromatic N) is 2. The fourth-order valence-corrected chi connectivity index (χ4v) is 6.85. The molecule has 4 aliphatic rings. The van der Waals surface area contributed by atoms with Gasteiger partial charge in [0.25, 0.3) is 0 Å². The number of fused-ring (bicyclic) bond motifs is 8. The maximum Gasteiger partial charge on any atom is 0.0856 e. The third-order valence-electron chi connectivity index (χ3n) is 8.24. The Hall–Kier alpha value is -3.98. The van der Waals surface area contributed by atoms with Crippen molar-refractivity contribution in [3.05, 3.63) is 120 Å². The molecule has 0 amide bonds. The molecule has 0 fully saturated rings. The van der Waals surface area contributed by atoms with Crippen molar-refractivity contribution in [3.63, 3.8) is 0 Å². The molecule has 8 rings (SSSR count). The van der Waals surface area contributed by atoms with Crippen molar-refractivity contribution in [3.8, 4) is 0 Å². The standard InChI is InChI=1S/C32H27N3/c1-3-11-21(12-4-1)34-28-18-10-8-16-25(28)31-32(34)26-20-19-24-23-15-7-9-17-27(23)33-29(24)30(26)35(31)22-13-5-2-6-14-22/h1-3,5-7,9-11,13-15,17-20,31-33H,4,8,12,16H2. The van der Waals surface area contributed by atoms with E-state index in [4.69, 9.17) is 0 Å². The molecule has 0 saturated heterocycles. The molecule has 1 aromatic heterocycles. The summed E-state index contributed by atoms with van der Waals surface area (Å²) in [5.41, 5.74) is 11.0. The number of para-hydroxylation sites is 2. The summed E-state index contributed by atoms with van der Waals surface area (Å²) in [5.74, 6) is 0. The van der Waals surface area contributed by atoms with Crippen LogP contribution in [0.15, 0.2) is 114 Å². The number of anilines is 2. The summed E-state index contributed by atoms with van der Waals surface area (Å²) in [4.78, 5) is 9.14. The minimum atomic E-state index is 0.284. The van der Waals surface area contributed by atoms with Gasteiger partial charge < -0.3 is 14.8 Å². The third kappa shape index (κ3) is 2.61. The number of rotatable bonds is 2. The van der Waals surface area contributed by atoms with E-state index in [1.165, 1.54) is 50.1 Å². The Morgan fingerprint density at radius 3 is 2.49 bits per heavy atom. The molecule has 3 heterocycles. The summed E-state index contributed by atoms with van der Waals surface area (Å²) >= 11 is 0. The number of aromatic nitrogens is 1. The fraction of sp³-hybridized carbons (Fsp3) is 0.188. The molecule has 3 nitrogen and oxygen atoms in total. The van der Waals surface area contributed by atoms with E-state index < -0.39 is 0 Å². The number of hydrogen-bond acceptors (Lipinski definition) is 2. The second-order valence-corrected chi connectivity index (χ2v) is 10.0. The highest BCUT2D eigenvalue weighted by atomic mass is 15.3. The molecule has 0 spiro atoms. The van der Waals surface area contributed by atoms with E-state index >= 15 is 0 Å². The number of H-pyrrole nitrogens is 1. The lowest BCUT2D eigenvalue weighted by Gasteiger charge is -2.32. The van der Waals surface area contributed by atoms with Crippen LogP contribution in [0.4, 0.5) is 11.4 Å². The van der Waals surface area contributed by atoms with Gasteiger partial charge in [-0.25, -0.2) is 0 Å². The average Bonchev–Trinajstić information content (AvgIpc) is 3.57. The first kappa shape index (κ1) is 19.3. The van der Waals surface area contributed by atoms with Gasteiger partial charge in [-0.2, -0.15) is 0 Å². The van der Waals surface area contributed by atoms with Gasteiger partial charge in [-0.1, -0.05) is 66.8 Å². The van der Waals surface area contributed by atoms with Crippen molar-refractivity contribution in [1.82, 2.24) is 9.88 Å². The van der Waals surface area contributed by atoms with Crippen molar-refractivity contribution in [2.45, 2.75) is 37.8 Å². The number of aromatic amines is 1. The molecule has 4 aromatic rings. The summed E-state index contributed by atoms with van der Waals surface area (Å²) in [6.45, 7) is 0. The molecule has 1 N–H and O–H groups in total. The molecule has 0 bridgehead atoms. The van der Waals surface area contributed by atoms with E-state index in [0.717, 1.165) is 25.7 Å². The summed E-state index contributed by atoms with van der Waals surface area (Å²) in [6, 6.07) is 25.1. The predicted molar refractivity (Wildman–Crippen MR) is 145 cm³/mol. The Labute approximate surface area is 205 Å². The minimum Gasteiger partial charge on any atom is -0.353 e. The van der Waals surface area contributed by atoms with Crippen LogP contribution in [0, 0.1) is 0 Å². The Morgan fingerprint density at radius 2 is 1.60 bits per heavy atom. The first-order valence-corrected chi connectivity index (χ1v) is 12.8. The number of nitrogens with one attached hydrogen (secondary N) is 1. The molecular formula is C32H27N3. The van der Waals surface area contributed by atoms with Crippen LogP contribution >= 0.6 is 0 Å². The summed E-state index contributed by atoms with van der Waals surface area (Å²) < 4.78 is 0. The molecule has 35 heavy (non-hydrogen) atoms. The molecule has 2 atom stereocenters. The fourth-order valence-electron chi connectivity index (χ4n) is 6.85. The van der Waals surface area contributed by atoms with Gasteiger partial charge in [-0.3, -0.25) is 0 Å². The average molecular weight is 454 g/mol. The van der Waals surface area contributed by atoms with Crippen LogP contribution in [-0.2, 0) is 0 Å². The van der Waals surface area contributed by atoms with Crippen molar-refractivity contribution in [2.75, 3.05) is 4.90 Å². The first-order valence-electron chi connectivity index (χ1n) is 12.8. The SMILES string of the molecule is C1=CCCC(N2C3=C(CCC=C3)C3C2c2ccc4c([nH]c5ccccc54)c2N3c2ccccc2)=C1. The van der Waals surface area contributed by atoms with Crippen LogP contribution in [0.25, 0.3) is 21.8 Å². The van der Waals surface area contributed by atoms with Gasteiger partial charge in [0.1, 0.15) is 0 Å². The van der Waals surface area contributed by atoms with E-state index in [1.807, 2.05) is 0 Å². The largest absolute Gasteiger partial charge is 0.353 e. The van der Waals surface area contributed by atoms with Gasteiger partial charge in [0, 0.05) is 38.9 Å². The highest BCUT2D eigenvalue weighted by Gasteiger charge is 2.51. The summed E-state index contributed by atoms with van der Waals surface area (Å²) in [6.07, 6.45) is 16.1. The van der Waals surface area contributed by atoms with Crippen molar-refractivity contribution in [1.29, 1.82) is 0 Å². The van der Waals surface area contributed by atoms with Crippen molar-refractivity contribution < 1.29 is 0 Å². The van der Waals surface area contributed by atoms with Crippen LogP contribution < -0.4 is 4.90 Å². The first-order chi connectivity index (χ1) is 17.4. The predicted octanol–water partition coefficient (Wildman–Crippen LogP) is 8.04. The quantitative estimate of drug-likeness (QED) is 0.332. The van der Waals surface area contributed by atoms with Gasteiger partial charge in [-0.15, -0.1) is 0 Å². The second kappa shape index (κ2) is 7.26. The smallest absolute Gasteiger partial charge is 0.0856 e. The van der Waals surface area contributed by atoms with Crippen molar-refractivity contribution in [2.24, 2.45) is 0 Å². The molecule has 3 heteroatoms. The van der Waals surface area contributed by atoms with E-state index in [9.17, 15) is 0 Å². The Morgan fingerprint density at radius 1 is 0.743 bits per heavy atom. The number of benzene rings is 3. The van der Waals surface area contributed by atoms with Gasteiger partial charge in [0.05, 0.1) is 23.3 Å². The van der Waals surface area contributed by atoms with Gasteiger partial charge in [0.15, 0.2) is 0 Å². The molecule has 2 aliphatic carbocycles. The zero-order chi connectivity index (χ0) is 22.9. The van der Waals surface area contributed by atoms with Gasteiger partial charge in [0.2, 0.25) is 0 Å². The number of allylic oxidation sites excluding steroid dienone is 6. The van der Waals surface area contributed by atoms with Crippen LogP contribution in [-0.4, -0.2) is 15.9 Å². The summed E-state index contributed by atoms with van der Waals surface area (Å²) in [7, 11) is 0. The van der Waals surface area contributed by atoms with Gasteiger partial charge >= 0.3 is 0 Å². The summed E-state index contributed by atoms with van der Waals surface area (Å²) in [5, 5.41) is 2.61. The van der Waals surface area contributed by atoms with E-state index in [0.29, 0.717) is 6.04 Å². The second-order valence-electron chi connectivity index (χ2n) is 10.0. The van der Waals surface area contributed by atoms with Crippen molar-refractivity contribution >= 4 is 33.2 Å². The number of hydrogen-bond donors (Lipinski definition) is 1. The Kier molecular flexibility index (Phi) is 4.01. The highest BCUT2D eigenvalue weighted by molar-refractivity contribution is 6.13. The molecule has 0 radical (unpaired) electrons. The van der Waals surface area contributed by atoms with E-state index in [2.05, 4.69) is 112 Å². The molecule has 2 aliphatic heterocycles. The lowest BCUT2D eigenvalue weighted by Crippen LogP contribution is -2.33. The lowest BCUT2D eigenvalue weighted by atomic mass is 9.94. The maximum atomic E-state index is 3.82. The Balaban J connectivity index is 1.44. The molecular weight excluding hydrogens is 426 g/mol. The molecule has 0 saturated carbocycles. The zero-order valence-corrected chi connectivity index (χ0v) is 19.6. The third-order valence-corrected chi connectivity index (χ3v) is 8.24. The van der Waals surface area contributed by atoms with E-state index in [-0.39, 0.29) is 6.04 Å². The van der Waals surface area contributed by atoms with Gasteiger partial charge in [-0.05, 0) is 61.6 Å². The molecule has 170 valence electrons. The van der Waals surface area contributed by atoms with Crippen LogP contribution in [0.2, 0.25) is 0 Å². The van der Waals surface area contributed by atoms with Crippen LogP contribution in [0.5, 0.6) is 0 Å². The van der Waals surface area contributed by atoms with Crippen LogP contribution in [0.3, 0.4) is 0 Å². The van der Waals surface area contributed by atoms with E-state index in [1.54, 1.807) is 5.57 Å². The lowest BCUT2D eigenvalue weighted by molar-refractivity contribution is 0.338. The Bertz CT molecular complexity index is 1610. The zero-order valence-electron chi connectivity index (χ0n) is 19.6. The normalized spacial score (nSPS) is 22.7. The van der Waals surface area contributed by atoms with Crippen LogP contribution in [0.1, 0.15) is 37.3 Å². The monoisotopic (exact) mass is 453 g/mol. The maximum absolute atomic E-state index is 3.82. The topological polar surface area (TPSA) is 22.3 Å².